The van der Waals surface area contributed by atoms with Crippen LogP contribution in [0, 0.1) is 0 Å². The van der Waals surface area contributed by atoms with E-state index in [1.54, 1.807) is 0 Å². The molecule has 0 amide bonds. The van der Waals surface area contributed by atoms with Gasteiger partial charge in [0.15, 0.2) is 17.9 Å². The summed E-state index contributed by atoms with van der Waals surface area (Å²) < 4.78 is 5.01. The summed E-state index contributed by atoms with van der Waals surface area (Å²) in [6.45, 7) is 29.4. The average molecular weight is 371 g/mol. The second-order valence-corrected chi connectivity index (χ2v) is 24.0. The predicted octanol–water partition coefficient (Wildman–Crippen LogP) is 3.85. The topological polar surface area (TPSA) is 6.48 Å². The van der Waals surface area contributed by atoms with Gasteiger partial charge in [0.2, 0.25) is 0 Å². The first-order valence-electron chi connectivity index (χ1n) is 7.82. The third kappa shape index (κ3) is 9.01. The van der Waals surface area contributed by atoms with Crippen LogP contribution in [-0.4, -0.2) is 56.9 Å². The third-order valence-electron chi connectivity index (χ3n) is 3.98. The molecule has 0 radical (unpaired) electrons. The minimum absolute atomic E-state index is 0.988. The lowest BCUT2D eigenvalue weighted by molar-refractivity contribution is 0.794. The molecule has 0 unspecified atom stereocenters. The highest BCUT2D eigenvalue weighted by Gasteiger charge is 2.24. The van der Waals surface area contributed by atoms with Crippen molar-refractivity contribution in [3.8, 4) is 0 Å². The number of rotatable bonds is 8. The fraction of sp³-hybridized carbons (Fsp3) is 0.500. The van der Waals surface area contributed by atoms with E-state index in [4.69, 9.17) is 0 Å². The van der Waals surface area contributed by atoms with Crippen LogP contribution in [-0.2, 0) is 0 Å². The smallest absolute Gasteiger partial charge is 0.153 e. The van der Waals surface area contributed by atoms with Gasteiger partial charge in [0, 0.05) is 0 Å². The maximum absolute atomic E-state index is 3.84. The zero-order chi connectivity index (χ0) is 18.1. The molecule has 0 atom stereocenters. The highest BCUT2D eigenvalue weighted by atomic mass is 28.4. The van der Waals surface area contributed by atoms with Gasteiger partial charge < -0.3 is 8.46 Å². The molecule has 0 aromatic carbocycles. The molecule has 0 aliphatic carbocycles. The molecular weight excluding hydrogens is 333 g/mol. The molecule has 0 fully saturated rings. The Morgan fingerprint density at radius 3 is 0.818 bits per heavy atom. The minimum Gasteiger partial charge on any atom is -0.345 e. The van der Waals surface area contributed by atoms with Gasteiger partial charge in [-0.3, -0.25) is 0 Å². The second kappa shape index (κ2) is 10.5. The van der Waals surface area contributed by atoms with Gasteiger partial charge in [-0.1, -0.05) is 62.1 Å². The summed E-state index contributed by atoms with van der Waals surface area (Å²) in [5.41, 5.74) is 8.30. The van der Waals surface area contributed by atoms with Crippen molar-refractivity contribution in [1.82, 2.24) is 8.46 Å². The summed E-state index contributed by atoms with van der Waals surface area (Å²) in [5, 5.41) is 0. The van der Waals surface area contributed by atoms with Crippen LogP contribution in [0.4, 0.5) is 0 Å². The van der Waals surface area contributed by atoms with Crippen LogP contribution in [0.1, 0.15) is 0 Å². The first kappa shape index (κ1) is 24.0. The van der Waals surface area contributed by atoms with Gasteiger partial charge >= 0.3 is 0 Å². The largest absolute Gasteiger partial charge is 0.345 e. The van der Waals surface area contributed by atoms with E-state index in [0.29, 0.717) is 0 Å². The van der Waals surface area contributed by atoms with E-state index in [2.05, 4.69) is 111 Å². The van der Waals surface area contributed by atoms with Crippen LogP contribution in [0.15, 0.2) is 49.1 Å². The molecule has 0 saturated heterocycles. The van der Waals surface area contributed by atoms with Crippen molar-refractivity contribution in [2.24, 2.45) is 0 Å². The maximum atomic E-state index is 3.84. The summed E-state index contributed by atoms with van der Waals surface area (Å²) in [7, 11) is 0.199. The molecule has 0 spiro atoms. The Balaban J connectivity index is 0. The summed E-state index contributed by atoms with van der Waals surface area (Å²) in [6, 6.07) is 0. The molecular formula is C16H38N2Si4. The Morgan fingerprint density at radius 1 is 0.591 bits per heavy atom. The first-order valence-corrected chi connectivity index (χ1v) is 18.4. The lowest BCUT2D eigenvalue weighted by Crippen LogP contribution is -2.50. The third-order valence-corrected chi connectivity index (χ3v) is 18.4. The number of hydrogen-bond acceptors (Lipinski definition) is 2. The normalized spacial score (nSPS) is 12.2. The molecule has 0 rings (SSSR count). The van der Waals surface area contributed by atoms with Crippen molar-refractivity contribution < 1.29 is 0 Å². The summed E-state index contributed by atoms with van der Waals surface area (Å²) in [6.07, 6.45) is 0. The van der Waals surface area contributed by atoms with Gasteiger partial charge in [-0.25, -0.2) is 0 Å². The fourth-order valence-electron chi connectivity index (χ4n) is 1.72. The lowest BCUT2D eigenvalue weighted by Gasteiger charge is -2.33. The van der Waals surface area contributed by atoms with E-state index in [1.165, 1.54) is 0 Å². The lowest BCUT2D eigenvalue weighted by atomic mass is 11.2. The average Bonchev–Trinajstić information content (AvgIpc) is 2.40. The SMILES string of the molecule is C=C[SiH](C=C)N(C)[Si](C)(C)C.C=C[SiH](C=C)N(C)[Si](C)(C)C. The van der Waals surface area contributed by atoms with Crippen LogP contribution in [0.5, 0.6) is 0 Å². The van der Waals surface area contributed by atoms with Gasteiger partial charge in [0.25, 0.3) is 0 Å². The summed E-state index contributed by atoms with van der Waals surface area (Å²) >= 11 is 0. The standard InChI is InChI=1S/2C8H19NSi2/c2*1-7-10(8-2)9(3)11(4,5)6/h2*7-8,10H,1-2H2,3-6H3. The molecule has 0 bridgehead atoms. The molecule has 2 nitrogen and oxygen atoms in total. The van der Waals surface area contributed by atoms with Gasteiger partial charge in [0.1, 0.15) is 16.5 Å². The van der Waals surface area contributed by atoms with Crippen LogP contribution >= 0.6 is 0 Å². The van der Waals surface area contributed by atoms with Gasteiger partial charge in [-0.05, 0) is 14.1 Å². The van der Waals surface area contributed by atoms with E-state index in [9.17, 15) is 0 Å². The van der Waals surface area contributed by atoms with Crippen molar-refractivity contribution in [2.45, 2.75) is 39.3 Å². The van der Waals surface area contributed by atoms with Crippen molar-refractivity contribution >= 4 is 34.4 Å². The van der Waals surface area contributed by atoms with Crippen LogP contribution in [0.25, 0.3) is 0 Å². The second-order valence-electron chi connectivity index (χ2n) is 7.49. The van der Waals surface area contributed by atoms with Crippen molar-refractivity contribution in [3.63, 3.8) is 0 Å². The molecule has 22 heavy (non-hydrogen) atoms. The molecule has 0 aliphatic rings. The van der Waals surface area contributed by atoms with Crippen molar-refractivity contribution in [1.29, 1.82) is 0 Å². The number of nitrogens with zero attached hydrogens (tertiary/aromatic N) is 2. The molecule has 0 aromatic rings. The molecule has 0 N–H and O–H groups in total. The van der Waals surface area contributed by atoms with E-state index in [-0.39, 0.29) is 0 Å². The molecule has 0 aliphatic heterocycles. The van der Waals surface area contributed by atoms with E-state index >= 15 is 0 Å². The maximum Gasteiger partial charge on any atom is 0.153 e. The van der Waals surface area contributed by atoms with E-state index < -0.39 is 34.4 Å². The molecule has 6 heteroatoms. The Kier molecular flexibility index (Phi) is 11.5. The molecule has 0 aromatic heterocycles. The Morgan fingerprint density at radius 2 is 0.773 bits per heavy atom. The summed E-state index contributed by atoms with van der Waals surface area (Å²) in [4.78, 5) is 0. The zero-order valence-electron chi connectivity index (χ0n) is 16.2. The van der Waals surface area contributed by atoms with Crippen LogP contribution in [0.2, 0.25) is 39.3 Å². The van der Waals surface area contributed by atoms with Crippen molar-refractivity contribution in [3.05, 3.63) is 49.1 Å². The zero-order valence-corrected chi connectivity index (χ0v) is 20.5. The highest BCUT2D eigenvalue weighted by molar-refractivity contribution is 6.86. The van der Waals surface area contributed by atoms with Gasteiger partial charge in [-0.15, -0.1) is 26.3 Å². The first-order chi connectivity index (χ1) is 9.86. The number of hydrogen-bond donors (Lipinski definition) is 0. The van der Waals surface area contributed by atoms with Crippen LogP contribution in [0.3, 0.4) is 0 Å². The molecule has 0 saturated carbocycles. The molecule has 128 valence electrons. The minimum atomic E-state index is -1.11. The van der Waals surface area contributed by atoms with E-state index in [0.717, 1.165) is 0 Å². The monoisotopic (exact) mass is 370 g/mol. The van der Waals surface area contributed by atoms with Crippen molar-refractivity contribution in [2.75, 3.05) is 14.1 Å². The van der Waals surface area contributed by atoms with E-state index in [1.807, 2.05) is 0 Å². The highest BCUT2D eigenvalue weighted by Crippen LogP contribution is 2.10. The Bertz CT molecular complexity index is 317. The summed E-state index contributed by atoms with van der Waals surface area (Å²) in [5.74, 6) is 0. The fourth-order valence-corrected chi connectivity index (χ4v) is 11.8. The van der Waals surface area contributed by atoms with Gasteiger partial charge in [-0.2, -0.15) is 0 Å². The Labute approximate surface area is 145 Å². The molecule has 0 heterocycles. The van der Waals surface area contributed by atoms with Crippen LogP contribution < -0.4 is 0 Å². The quantitative estimate of drug-likeness (QED) is 0.599. The van der Waals surface area contributed by atoms with Gasteiger partial charge in [0.05, 0.1) is 0 Å². The Hall–Kier alpha value is -0.252. The predicted molar refractivity (Wildman–Crippen MR) is 117 cm³/mol.